The minimum atomic E-state index is -4.75. The highest BCUT2D eigenvalue weighted by atomic mass is 32.3. The topological polar surface area (TPSA) is 334 Å². The molecule has 0 fully saturated rings. The maximum Gasteiger partial charge on any atom is 0.446 e. The number of nitrogens with one attached hydrogen (secondary N) is 6. The van der Waals surface area contributed by atoms with Crippen LogP contribution in [0.1, 0.15) is 57.7 Å². The third-order valence-electron chi connectivity index (χ3n) is 9.76. The van der Waals surface area contributed by atoms with E-state index in [0.29, 0.717) is 16.7 Å². The largest absolute Gasteiger partial charge is 0.461 e. The molecule has 0 spiro atoms. The molecule has 0 saturated heterocycles. The van der Waals surface area contributed by atoms with E-state index < -0.39 is 119 Å². The number of ether oxygens (including phenoxy) is 1. The predicted octanol–water partition coefficient (Wildman–Crippen LogP) is -0.528. The van der Waals surface area contributed by atoms with Crippen LogP contribution in [0.25, 0.3) is 0 Å². The number of esters is 1. The molecule has 0 unspecified atom stereocenters. The van der Waals surface area contributed by atoms with Gasteiger partial charge in [0, 0.05) is 6.42 Å². The summed E-state index contributed by atoms with van der Waals surface area (Å²) in [5.41, 5.74) is 13.0. The van der Waals surface area contributed by atoms with Gasteiger partial charge in [-0.25, -0.2) is 0 Å². The van der Waals surface area contributed by atoms with Crippen molar-refractivity contribution >= 4 is 57.7 Å². The van der Waals surface area contributed by atoms with E-state index in [2.05, 4.69) is 36.1 Å². The smallest absolute Gasteiger partial charge is 0.446 e. The Balaban J connectivity index is 1.83. The van der Waals surface area contributed by atoms with Crippen LogP contribution in [0.5, 0.6) is 5.75 Å². The Hall–Kier alpha value is -6.91. The maximum atomic E-state index is 14.2. The van der Waals surface area contributed by atoms with Crippen LogP contribution in [0.4, 0.5) is 0 Å². The number of hydrogen-bond acceptors (Lipinski definition) is 13. The zero-order valence-electron chi connectivity index (χ0n) is 37.1. The fourth-order valence-electron chi connectivity index (χ4n) is 6.19. The summed E-state index contributed by atoms with van der Waals surface area (Å²) in [7, 11) is -4.75. The zero-order valence-corrected chi connectivity index (χ0v) is 38.0. The van der Waals surface area contributed by atoms with Crippen LogP contribution in [-0.2, 0) is 72.9 Å². The molecule has 3 aromatic rings. The Morgan fingerprint density at radius 1 is 0.591 bits per heavy atom. The van der Waals surface area contributed by atoms with E-state index in [-0.39, 0.29) is 25.2 Å². The van der Waals surface area contributed by atoms with E-state index in [9.17, 15) is 46.8 Å². The SMILES string of the molecule is CC(C)[C@H](NC(=O)[C@H](CC(=O)OCc1ccccc1)NC(=O)[C@H](Cc1ccccc1)NC(=O)[C@@H](C)NC(=O)[C@@H](N)Cc1ccc(OS(=O)(=O)O)cc1)C(=O)N[C@H](C(=O)NCC(N)=O)C(C)C. The second-order valence-corrected chi connectivity index (χ2v) is 17.0. The molecule has 6 atom stereocenters. The highest BCUT2D eigenvalue weighted by molar-refractivity contribution is 7.81. The second-order valence-electron chi connectivity index (χ2n) is 16.0. The lowest BCUT2D eigenvalue weighted by Crippen LogP contribution is -2.61. The van der Waals surface area contributed by atoms with Gasteiger partial charge in [-0.1, -0.05) is 100 Å². The van der Waals surface area contributed by atoms with E-state index in [1.165, 1.54) is 31.2 Å². The second kappa shape index (κ2) is 25.5. The van der Waals surface area contributed by atoms with Crippen molar-refractivity contribution in [2.45, 2.75) is 96.7 Å². The van der Waals surface area contributed by atoms with Crippen LogP contribution in [0.3, 0.4) is 0 Å². The molecule has 11 N–H and O–H groups in total. The molecule has 0 aromatic heterocycles. The number of nitrogens with two attached hydrogens (primary N) is 2. The summed E-state index contributed by atoms with van der Waals surface area (Å²) in [4.78, 5) is 106. The summed E-state index contributed by atoms with van der Waals surface area (Å²) < 4.78 is 40.7. The number of rotatable bonds is 25. The monoisotopic (exact) mass is 938 g/mol. The molecule has 0 aliphatic rings. The van der Waals surface area contributed by atoms with Crippen LogP contribution in [0, 0.1) is 11.8 Å². The summed E-state index contributed by atoms with van der Waals surface area (Å²) in [6, 6.07) is 14.5. The summed E-state index contributed by atoms with van der Waals surface area (Å²) >= 11 is 0. The van der Waals surface area contributed by atoms with Gasteiger partial charge in [0.25, 0.3) is 0 Å². The van der Waals surface area contributed by atoms with Crippen molar-refractivity contribution in [2.75, 3.05) is 6.54 Å². The summed E-state index contributed by atoms with van der Waals surface area (Å²) in [6.45, 7) is 7.24. The highest BCUT2D eigenvalue weighted by Crippen LogP contribution is 2.15. The predicted molar refractivity (Wildman–Crippen MR) is 239 cm³/mol. The molecule has 0 saturated carbocycles. The molecule has 7 amide bonds. The van der Waals surface area contributed by atoms with Gasteiger partial charge in [0.05, 0.1) is 19.0 Å². The van der Waals surface area contributed by atoms with Crippen molar-refractivity contribution in [1.82, 2.24) is 31.9 Å². The van der Waals surface area contributed by atoms with Crippen molar-refractivity contribution in [3.63, 3.8) is 0 Å². The van der Waals surface area contributed by atoms with Crippen LogP contribution in [0.15, 0.2) is 84.9 Å². The molecule has 0 aliphatic carbocycles. The molecule has 0 bridgehead atoms. The summed E-state index contributed by atoms with van der Waals surface area (Å²) in [6.07, 6.45) is -0.881. The Kier molecular flexibility index (Phi) is 20.7. The molecule has 3 rings (SSSR count). The number of carbonyl (C=O) groups is 8. The van der Waals surface area contributed by atoms with E-state index in [1.54, 1.807) is 88.4 Å². The van der Waals surface area contributed by atoms with Crippen molar-refractivity contribution < 1.29 is 60.2 Å². The average Bonchev–Trinajstić information content (AvgIpc) is 3.25. The first-order valence-electron chi connectivity index (χ1n) is 20.9. The molecule has 0 heterocycles. The van der Waals surface area contributed by atoms with Crippen molar-refractivity contribution in [3.8, 4) is 5.75 Å². The molecular formula is C44H58N8O13S. The number of benzene rings is 3. The van der Waals surface area contributed by atoms with Gasteiger partial charge in [-0.05, 0) is 54.0 Å². The normalized spacial score (nSPS) is 14.0. The van der Waals surface area contributed by atoms with E-state index >= 15 is 0 Å². The molecule has 358 valence electrons. The Labute approximate surface area is 382 Å². The lowest BCUT2D eigenvalue weighted by atomic mass is 9.99. The number of amides is 7. The fourth-order valence-corrected chi connectivity index (χ4v) is 6.54. The van der Waals surface area contributed by atoms with E-state index in [4.69, 9.17) is 20.8 Å². The summed E-state index contributed by atoms with van der Waals surface area (Å²) in [5, 5.41) is 15.1. The molecular weight excluding hydrogens is 881 g/mol. The standard InChI is InChI=1S/C44H58N8O13S/c1-25(2)37(43(59)47-23-35(46)53)52-44(60)38(26(3)4)51-42(58)34(22-36(54)64-24-30-14-10-7-11-15-30)50-41(57)33(21-28-12-8-6-9-13-28)49-39(55)27(5)48-40(56)32(45)20-29-16-18-31(19-17-29)65-66(61,62)63/h6-19,25-27,32-34,37-38H,20-24,45H2,1-5H3,(H2,46,53)(H,47,59)(H,48,56)(H,49,55)(H,50,57)(H,51,58)(H,52,60)(H,61,62,63)/t27-,32+,33+,34+,37+,38+/m1/s1. The van der Waals surface area contributed by atoms with Crippen LogP contribution in [0.2, 0.25) is 0 Å². The quantitative estimate of drug-likeness (QED) is 0.0381. The first-order chi connectivity index (χ1) is 31.0. The van der Waals surface area contributed by atoms with Crippen LogP contribution < -0.4 is 47.6 Å². The maximum absolute atomic E-state index is 14.2. The van der Waals surface area contributed by atoms with E-state index in [0.717, 1.165) is 0 Å². The lowest BCUT2D eigenvalue weighted by molar-refractivity contribution is -0.148. The zero-order chi connectivity index (χ0) is 49.1. The Bertz CT molecular complexity index is 2260. The van der Waals surface area contributed by atoms with Gasteiger partial charge >= 0.3 is 16.4 Å². The van der Waals surface area contributed by atoms with Gasteiger partial charge in [0.2, 0.25) is 41.4 Å². The Morgan fingerprint density at radius 2 is 1.09 bits per heavy atom. The van der Waals surface area contributed by atoms with Crippen molar-refractivity contribution in [1.29, 1.82) is 0 Å². The first-order valence-corrected chi connectivity index (χ1v) is 22.2. The third kappa shape index (κ3) is 18.7. The van der Waals surface area contributed by atoms with Crippen LogP contribution in [-0.4, -0.2) is 103 Å². The molecule has 66 heavy (non-hydrogen) atoms. The van der Waals surface area contributed by atoms with Gasteiger partial charge in [0.15, 0.2) is 0 Å². The number of hydrogen-bond donors (Lipinski definition) is 9. The van der Waals surface area contributed by atoms with Crippen LogP contribution >= 0.6 is 0 Å². The van der Waals surface area contributed by atoms with E-state index in [1.807, 2.05) is 0 Å². The van der Waals surface area contributed by atoms with Gasteiger partial charge in [-0.15, -0.1) is 0 Å². The van der Waals surface area contributed by atoms with Gasteiger partial charge in [-0.3, -0.25) is 42.9 Å². The number of carbonyl (C=O) groups excluding carboxylic acids is 8. The fraction of sp³-hybridized carbons (Fsp3) is 0.409. The molecule has 0 radical (unpaired) electrons. The number of primary amides is 1. The molecule has 21 nitrogen and oxygen atoms in total. The minimum absolute atomic E-state index is 0.0491. The van der Waals surface area contributed by atoms with Gasteiger partial charge in [-0.2, -0.15) is 8.42 Å². The lowest BCUT2D eigenvalue weighted by Gasteiger charge is -2.29. The molecule has 22 heteroatoms. The van der Waals surface area contributed by atoms with Crippen molar-refractivity contribution in [3.05, 3.63) is 102 Å². The Morgan fingerprint density at radius 3 is 1.64 bits per heavy atom. The minimum Gasteiger partial charge on any atom is -0.461 e. The first kappa shape index (κ1) is 53.4. The molecule has 0 aliphatic heterocycles. The van der Waals surface area contributed by atoms with Gasteiger partial charge in [0.1, 0.15) is 42.6 Å². The average molecular weight is 939 g/mol. The molecule has 3 aromatic carbocycles. The highest BCUT2D eigenvalue weighted by Gasteiger charge is 2.35. The van der Waals surface area contributed by atoms with Gasteiger partial charge < -0.3 is 52.3 Å². The third-order valence-corrected chi connectivity index (χ3v) is 10.2. The van der Waals surface area contributed by atoms with Crippen molar-refractivity contribution in [2.24, 2.45) is 23.3 Å². The summed E-state index contributed by atoms with van der Waals surface area (Å²) in [5.74, 6) is -7.89.